The molecule has 4 nitrogen and oxygen atoms in total. The molecule has 0 aliphatic carbocycles. The Balaban J connectivity index is 1.20. The predicted octanol–water partition coefficient (Wildman–Crippen LogP) is 14.8. The molecule has 0 saturated heterocycles. The minimum atomic E-state index is -2.65. The largest absolute Gasteiger partial charge is 0.309 e. The molecular formula is C56H34N4. The molecule has 0 spiro atoms. The van der Waals surface area contributed by atoms with E-state index in [4.69, 9.17) is 0 Å². The van der Waals surface area contributed by atoms with E-state index < -0.39 is 13.7 Å². The Kier molecular flexibility index (Phi) is 4.64. The average Bonchev–Trinajstić information content (AvgIpc) is 4.16. The van der Waals surface area contributed by atoms with Gasteiger partial charge in [0.25, 0.3) is 0 Å². The van der Waals surface area contributed by atoms with Crippen molar-refractivity contribution in [3.8, 4) is 11.4 Å². The summed E-state index contributed by atoms with van der Waals surface area (Å²) in [5, 5.41) is 10.6. The smallest absolute Gasteiger partial charge is 0.0641 e. The number of hydrogen-bond acceptors (Lipinski definition) is 0. The lowest BCUT2D eigenvalue weighted by molar-refractivity contribution is 1.19. The minimum Gasteiger partial charge on any atom is -0.309 e. The number of rotatable bonds is 2. The second-order valence-corrected chi connectivity index (χ2v) is 16.4. The summed E-state index contributed by atoms with van der Waals surface area (Å²) in [4.78, 5) is 0. The van der Waals surface area contributed by atoms with E-state index in [9.17, 15) is 8.22 Å². The number of aryl methyl sites for hydroxylation is 2. The van der Waals surface area contributed by atoms with Gasteiger partial charge in [0.2, 0.25) is 0 Å². The molecule has 0 amide bonds. The van der Waals surface area contributed by atoms with Crippen molar-refractivity contribution in [3.63, 3.8) is 0 Å². The third-order valence-corrected chi connectivity index (χ3v) is 13.6. The highest BCUT2D eigenvalue weighted by Crippen LogP contribution is 2.51. The van der Waals surface area contributed by atoms with Crippen molar-refractivity contribution in [3.05, 3.63) is 181 Å². The summed E-state index contributed by atoms with van der Waals surface area (Å²) >= 11 is 0. The van der Waals surface area contributed by atoms with Crippen LogP contribution in [0.5, 0.6) is 0 Å². The van der Waals surface area contributed by atoms with Crippen LogP contribution >= 0.6 is 0 Å². The summed E-state index contributed by atoms with van der Waals surface area (Å²) in [5.74, 6) is 0. The lowest BCUT2D eigenvalue weighted by Crippen LogP contribution is -1.94. The van der Waals surface area contributed by atoms with Crippen molar-refractivity contribution in [2.45, 2.75) is 13.7 Å². The average molecular weight is 769 g/mol. The van der Waals surface area contributed by atoms with Gasteiger partial charge in [0.1, 0.15) is 0 Å². The SMILES string of the molecule is [2H]C([2H])([2H])c1c2c3cccc4c5c6c(ccc5n(c2c(C([2H])([2H])[2H])c2c5cccc7c8c9c(ccc8n(c12)c57)c1ccccc1n9-c1ccccc1)c34)c1ccccc1n6-c1ccccc1. The Bertz CT molecular complexity index is 4290. The van der Waals surface area contributed by atoms with E-state index in [1.165, 1.54) is 0 Å². The maximum absolute atomic E-state index is 9.52. The van der Waals surface area contributed by atoms with E-state index >= 15 is 0 Å². The third kappa shape index (κ3) is 3.43. The molecule has 0 N–H and O–H groups in total. The maximum atomic E-state index is 9.52. The summed E-state index contributed by atoms with van der Waals surface area (Å²) in [6.45, 7) is -5.30. The molecule has 9 aromatic carbocycles. The third-order valence-electron chi connectivity index (χ3n) is 13.6. The predicted molar refractivity (Wildman–Crippen MR) is 254 cm³/mol. The topological polar surface area (TPSA) is 18.7 Å². The van der Waals surface area contributed by atoms with Gasteiger partial charge >= 0.3 is 0 Å². The highest BCUT2D eigenvalue weighted by molar-refractivity contribution is 6.36. The fourth-order valence-electron chi connectivity index (χ4n) is 11.5. The molecule has 0 radical (unpaired) electrons. The molecule has 4 heteroatoms. The number of aromatic nitrogens is 4. The van der Waals surface area contributed by atoms with Gasteiger partial charge in [-0.2, -0.15) is 0 Å². The van der Waals surface area contributed by atoms with Gasteiger partial charge in [0.05, 0.1) is 55.2 Å². The Labute approximate surface area is 351 Å². The minimum absolute atomic E-state index is 0.156. The van der Waals surface area contributed by atoms with Crippen molar-refractivity contribution in [2.24, 2.45) is 0 Å². The van der Waals surface area contributed by atoms with Gasteiger partial charge in [0, 0.05) is 84.2 Å². The molecule has 15 rings (SSSR count). The molecule has 0 saturated carbocycles. The zero-order valence-electron chi connectivity index (χ0n) is 38.0. The van der Waals surface area contributed by atoms with Gasteiger partial charge < -0.3 is 17.9 Å². The molecular weight excluding hydrogens is 729 g/mol. The molecule has 278 valence electrons. The van der Waals surface area contributed by atoms with Gasteiger partial charge in [-0.3, -0.25) is 0 Å². The first-order valence-corrected chi connectivity index (χ1v) is 20.5. The van der Waals surface area contributed by atoms with Crippen molar-refractivity contribution in [1.82, 2.24) is 17.9 Å². The first kappa shape index (κ1) is 26.2. The Hall–Kier alpha value is -7.82. The van der Waals surface area contributed by atoms with Gasteiger partial charge in [-0.05, 0) is 73.4 Å². The van der Waals surface area contributed by atoms with Crippen LogP contribution in [0.3, 0.4) is 0 Å². The fourth-order valence-corrected chi connectivity index (χ4v) is 11.5. The molecule has 0 fully saturated rings. The van der Waals surface area contributed by atoms with Crippen molar-refractivity contribution < 1.29 is 8.22 Å². The molecule has 0 bridgehead atoms. The standard InChI is InChI=1S/C56H34N4/c1-31-47-39-21-13-23-41-50-46(30-28-38-36-20-10-12-26-44(36)58(56(38)50)34-17-7-4-8-18-34)60(53(39)41)52(47)32(2)48-40-22-14-24-42-49-45(59(51(31)48)54(40)42)29-27-37-35-19-9-11-25-43(35)57(55(37)49)33-15-5-3-6-16-33/h3-30H,1-2H3/i1D3,2D3. The second-order valence-electron chi connectivity index (χ2n) is 16.4. The van der Waals surface area contributed by atoms with Crippen LogP contribution in [0.4, 0.5) is 0 Å². The monoisotopic (exact) mass is 768 g/mol. The van der Waals surface area contributed by atoms with Crippen LogP contribution in [0, 0.1) is 13.7 Å². The second kappa shape index (κ2) is 10.6. The molecule has 60 heavy (non-hydrogen) atoms. The van der Waals surface area contributed by atoms with E-state index in [-0.39, 0.29) is 11.1 Å². The van der Waals surface area contributed by atoms with Crippen LogP contribution in [-0.4, -0.2) is 17.9 Å². The van der Waals surface area contributed by atoms with Gasteiger partial charge in [-0.1, -0.05) is 121 Å². The van der Waals surface area contributed by atoms with Crippen molar-refractivity contribution >= 4 is 120 Å². The molecule has 0 atom stereocenters. The molecule has 15 aromatic rings. The zero-order valence-corrected chi connectivity index (χ0v) is 32.0. The lowest BCUT2D eigenvalue weighted by Gasteiger charge is -2.11. The first-order chi connectivity index (χ1) is 32.1. The number of para-hydroxylation sites is 6. The van der Waals surface area contributed by atoms with Gasteiger partial charge in [0.15, 0.2) is 0 Å². The van der Waals surface area contributed by atoms with Crippen LogP contribution in [0.25, 0.3) is 131 Å². The van der Waals surface area contributed by atoms with Crippen molar-refractivity contribution in [1.29, 1.82) is 0 Å². The van der Waals surface area contributed by atoms with E-state index in [2.05, 4.69) is 127 Å². The van der Waals surface area contributed by atoms with Gasteiger partial charge in [-0.15, -0.1) is 0 Å². The molecule has 0 aliphatic heterocycles. The highest BCUT2D eigenvalue weighted by atomic mass is 15.0. The number of fused-ring (bicyclic) bond motifs is 20. The normalized spacial score (nSPS) is 14.7. The van der Waals surface area contributed by atoms with Crippen molar-refractivity contribution in [2.75, 3.05) is 0 Å². The highest BCUT2D eigenvalue weighted by Gasteiger charge is 2.29. The Morgan fingerprint density at radius 2 is 0.667 bits per heavy atom. The van der Waals surface area contributed by atoms with Crippen LogP contribution in [0.15, 0.2) is 170 Å². The van der Waals surface area contributed by atoms with Crippen LogP contribution < -0.4 is 0 Å². The zero-order chi connectivity index (χ0) is 44.1. The summed E-state index contributed by atoms with van der Waals surface area (Å²) in [6.07, 6.45) is 0. The summed E-state index contributed by atoms with van der Waals surface area (Å²) in [7, 11) is 0. The molecule has 0 unspecified atom stereocenters. The van der Waals surface area contributed by atoms with Crippen LogP contribution in [-0.2, 0) is 0 Å². The van der Waals surface area contributed by atoms with Crippen LogP contribution in [0.2, 0.25) is 0 Å². The lowest BCUT2D eigenvalue weighted by atomic mass is 9.96. The number of benzene rings is 9. The summed E-state index contributed by atoms with van der Waals surface area (Å²) in [6, 6.07) is 58.1. The summed E-state index contributed by atoms with van der Waals surface area (Å²) in [5.41, 5.74) is 10.6. The molecule has 0 aliphatic rings. The summed E-state index contributed by atoms with van der Waals surface area (Å²) < 4.78 is 65.9. The molecule has 6 heterocycles. The van der Waals surface area contributed by atoms with Gasteiger partial charge in [-0.25, -0.2) is 0 Å². The first-order valence-electron chi connectivity index (χ1n) is 23.5. The van der Waals surface area contributed by atoms with E-state index in [1.807, 2.05) is 60.7 Å². The Morgan fingerprint density at radius 1 is 0.283 bits per heavy atom. The van der Waals surface area contributed by atoms with E-state index in [0.717, 1.165) is 98.6 Å². The molecule has 6 aromatic heterocycles. The Morgan fingerprint density at radius 3 is 1.10 bits per heavy atom. The number of hydrogen-bond donors (Lipinski definition) is 0. The maximum Gasteiger partial charge on any atom is 0.0641 e. The van der Waals surface area contributed by atoms with E-state index in [0.29, 0.717) is 32.6 Å². The van der Waals surface area contributed by atoms with E-state index in [1.54, 1.807) is 0 Å². The fraction of sp³-hybridized carbons (Fsp3) is 0.0357. The number of nitrogens with zero attached hydrogens (tertiary/aromatic N) is 4. The van der Waals surface area contributed by atoms with Crippen LogP contribution in [0.1, 0.15) is 19.4 Å². The quantitative estimate of drug-likeness (QED) is 0.167.